The lowest BCUT2D eigenvalue weighted by Gasteiger charge is -2.32. The normalized spacial score (nSPS) is 21.2. The van der Waals surface area contributed by atoms with Crippen molar-refractivity contribution in [3.63, 3.8) is 0 Å². The van der Waals surface area contributed by atoms with E-state index in [1.54, 1.807) is 0 Å². The van der Waals surface area contributed by atoms with Gasteiger partial charge in [0.25, 0.3) is 0 Å². The minimum absolute atomic E-state index is 0.745. The number of aromatic nitrogens is 2. The van der Waals surface area contributed by atoms with Crippen LogP contribution in [0.1, 0.15) is 32.3 Å². The van der Waals surface area contributed by atoms with Crippen LogP contribution in [0.2, 0.25) is 0 Å². The first kappa shape index (κ1) is 14.5. The van der Waals surface area contributed by atoms with E-state index in [9.17, 15) is 0 Å². The maximum atomic E-state index is 4.25. The van der Waals surface area contributed by atoms with Crippen molar-refractivity contribution in [1.82, 2.24) is 20.0 Å². The van der Waals surface area contributed by atoms with Gasteiger partial charge in [0.2, 0.25) is 0 Å². The van der Waals surface area contributed by atoms with Crippen LogP contribution in [0.25, 0.3) is 0 Å². The van der Waals surface area contributed by atoms with Crippen LogP contribution >= 0.6 is 0 Å². The average molecular weight is 264 g/mol. The number of hydrogen-bond donors (Lipinski definition) is 1. The van der Waals surface area contributed by atoms with Crippen molar-refractivity contribution in [3.8, 4) is 0 Å². The standard InChI is InChI=1S/C15H28N4/c1-13(2)7-16-8-14-5-4-6-19(11-14)12-15-9-17-18(3)10-15/h9-10,13-14,16H,4-8,11-12H2,1-3H3. The molecule has 0 spiro atoms. The summed E-state index contributed by atoms with van der Waals surface area (Å²) in [6, 6.07) is 0. The number of likely N-dealkylation sites (tertiary alicyclic amines) is 1. The Bertz CT molecular complexity index is 372. The summed E-state index contributed by atoms with van der Waals surface area (Å²) in [6.45, 7) is 10.3. The molecule has 1 aliphatic rings. The molecule has 0 radical (unpaired) electrons. The molecule has 0 bridgehead atoms. The highest BCUT2D eigenvalue weighted by Gasteiger charge is 2.19. The molecule has 1 saturated heterocycles. The average Bonchev–Trinajstić information content (AvgIpc) is 2.75. The maximum absolute atomic E-state index is 4.25. The van der Waals surface area contributed by atoms with Crippen molar-refractivity contribution in [3.05, 3.63) is 18.0 Å². The van der Waals surface area contributed by atoms with Gasteiger partial charge in [-0.05, 0) is 44.3 Å². The smallest absolute Gasteiger partial charge is 0.0534 e. The zero-order chi connectivity index (χ0) is 13.7. The molecule has 0 amide bonds. The summed E-state index contributed by atoms with van der Waals surface area (Å²) in [5.74, 6) is 1.55. The Morgan fingerprint density at radius 3 is 3.00 bits per heavy atom. The molecule has 1 unspecified atom stereocenters. The third kappa shape index (κ3) is 4.96. The lowest BCUT2D eigenvalue weighted by molar-refractivity contribution is 0.165. The van der Waals surface area contributed by atoms with Crippen molar-refractivity contribution in [2.24, 2.45) is 18.9 Å². The Kier molecular flexibility index (Phi) is 5.40. The molecule has 108 valence electrons. The van der Waals surface area contributed by atoms with Crippen LogP contribution in [0.4, 0.5) is 0 Å². The van der Waals surface area contributed by atoms with E-state index < -0.39 is 0 Å². The van der Waals surface area contributed by atoms with E-state index in [4.69, 9.17) is 0 Å². The number of piperidine rings is 1. The topological polar surface area (TPSA) is 33.1 Å². The summed E-state index contributed by atoms with van der Waals surface area (Å²) in [5.41, 5.74) is 1.33. The number of nitrogens with zero attached hydrogens (tertiary/aromatic N) is 3. The second kappa shape index (κ2) is 7.06. The van der Waals surface area contributed by atoms with Gasteiger partial charge in [-0.25, -0.2) is 0 Å². The van der Waals surface area contributed by atoms with E-state index in [0.717, 1.165) is 24.9 Å². The van der Waals surface area contributed by atoms with E-state index >= 15 is 0 Å². The van der Waals surface area contributed by atoms with E-state index in [2.05, 4.69) is 35.4 Å². The maximum Gasteiger partial charge on any atom is 0.0534 e. The molecule has 0 aromatic carbocycles. The van der Waals surface area contributed by atoms with Crippen molar-refractivity contribution in [2.45, 2.75) is 33.2 Å². The van der Waals surface area contributed by atoms with Gasteiger partial charge in [-0.1, -0.05) is 13.8 Å². The molecule has 1 aliphatic heterocycles. The van der Waals surface area contributed by atoms with Crippen LogP contribution in [-0.2, 0) is 13.6 Å². The fourth-order valence-corrected chi connectivity index (χ4v) is 2.85. The minimum atomic E-state index is 0.745. The van der Waals surface area contributed by atoms with E-state index in [1.807, 2.05) is 17.9 Å². The van der Waals surface area contributed by atoms with E-state index in [1.165, 1.54) is 38.0 Å². The van der Waals surface area contributed by atoms with Gasteiger partial charge >= 0.3 is 0 Å². The molecular formula is C15H28N4. The minimum Gasteiger partial charge on any atom is -0.316 e. The number of nitrogens with one attached hydrogen (secondary N) is 1. The summed E-state index contributed by atoms with van der Waals surface area (Å²) >= 11 is 0. The van der Waals surface area contributed by atoms with Crippen LogP contribution < -0.4 is 5.32 Å². The van der Waals surface area contributed by atoms with E-state index in [0.29, 0.717) is 0 Å². The van der Waals surface area contributed by atoms with Gasteiger partial charge in [-0.15, -0.1) is 0 Å². The van der Waals surface area contributed by atoms with Gasteiger partial charge in [0.1, 0.15) is 0 Å². The molecule has 1 aromatic heterocycles. The highest BCUT2D eigenvalue weighted by Crippen LogP contribution is 2.17. The summed E-state index contributed by atoms with van der Waals surface area (Å²) in [4.78, 5) is 2.57. The van der Waals surface area contributed by atoms with Crippen molar-refractivity contribution >= 4 is 0 Å². The molecule has 1 aromatic rings. The van der Waals surface area contributed by atoms with Crippen LogP contribution in [0.5, 0.6) is 0 Å². The van der Waals surface area contributed by atoms with Crippen molar-refractivity contribution < 1.29 is 0 Å². The monoisotopic (exact) mass is 264 g/mol. The van der Waals surface area contributed by atoms with Gasteiger partial charge in [-0.3, -0.25) is 9.58 Å². The Labute approximate surface area is 117 Å². The Balaban J connectivity index is 1.74. The second-order valence-electron chi connectivity index (χ2n) is 6.32. The number of aryl methyl sites for hydroxylation is 1. The summed E-state index contributed by atoms with van der Waals surface area (Å²) < 4.78 is 1.89. The highest BCUT2D eigenvalue weighted by molar-refractivity contribution is 5.03. The van der Waals surface area contributed by atoms with Gasteiger partial charge in [0.05, 0.1) is 6.20 Å². The summed E-state index contributed by atoms with van der Waals surface area (Å²) in [7, 11) is 1.98. The van der Waals surface area contributed by atoms with Crippen LogP contribution in [-0.4, -0.2) is 40.9 Å². The highest BCUT2D eigenvalue weighted by atomic mass is 15.2. The molecule has 2 rings (SSSR count). The molecular weight excluding hydrogens is 236 g/mol. The molecule has 1 N–H and O–H groups in total. The molecule has 4 nitrogen and oxygen atoms in total. The Hall–Kier alpha value is -0.870. The third-order valence-electron chi connectivity index (χ3n) is 3.75. The first-order valence-electron chi connectivity index (χ1n) is 7.54. The Morgan fingerprint density at radius 1 is 1.47 bits per heavy atom. The first-order valence-corrected chi connectivity index (χ1v) is 7.54. The summed E-state index contributed by atoms with van der Waals surface area (Å²) in [5, 5.41) is 7.85. The van der Waals surface area contributed by atoms with Crippen molar-refractivity contribution in [1.29, 1.82) is 0 Å². The second-order valence-corrected chi connectivity index (χ2v) is 6.32. The molecule has 4 heteroatoms. The van der Waals surface area contributed by atoms with E-state index in [-0.39, 0.29) is 0 Å². The number of rotatable bonds is 6. The molecule has 0 aliphatic carbocycles. The van der Waals surface area contributed by atoms with Crippen LogP contribution in [0.15, 0.2) is 12.4 Å². The predicted octanol–water partition coefficient (Wildman–Crippen LogP) is 1.88. The summed E-state index contributed by atoms with van der Waals surface area (Å²) in [6.07, 6.45) is 6.81. The largest absolute Gasteiger partial charge is 0.316 e. The molecule has 1 fully saturated rings. The zero-order valence-electron chi connectivity index (χ0n) is 12.6. The lowest BCUT2D eigenvalue weighted by atomic mass is 9.97. The van der Waals surface area contributed by atoms with Crippen LogP contribution in [0.3, 0.4) is 0 Å². The molecule has 1 atom stereocenters. The lowest BCUT2D eigenvalue weighted by Crippen LogP contribution is -2.39. The Morgan fingerprint density at radius 2 is 2.32 bits per heavy atom. The molecule has 0 saturated carbocycles. The molecule has 19 heavy (non-hydrogen) atoms. The predicted molar refractivity (Wildman–Crippen MR) is 78.9 cm³/mol. The fraction of sp³-hybridized carbons (Fsp3) is 0.800. The van der Waals surface area contributed by atoms with Gasteiger partial charge in [0.15, 0.2) is 0 Å². The van der Waals surface area contributed by atoms with Crippen molar-refractivity contribution in [2.75, 3.05) is 26.2 Å². The molecule has 2 heterocycles. The zero-order valence-corrected chi connectivity index (χ0v) is 12.6. The first-order chi connectivity index (χ1) is 9.13. The quantitative estimate of drug-likeness (QED) is 0.851. The van der Waals surface area contributed by atoms with Gasteiger partial charge in [-0.2, -0.15) is 5.10 Å². The van der Waals surface area contributed by atoms with Crippen LogP contribution in [0, 0.1) is 11.8 Å². The van der Waals surface area contributed by atoms with Gasteiger partial charge < -0.3 is 5.32 Å². The fourth-order valence-electron chi connectivity index (χ4n) is 2.85. The van der Waals surface area contributed by atoms with Gasteiger partial charge in [0, 0.05) is 31.9 Å². The SMILES string of the molecule is CC(C)CNCC1CCCN(Cc2cnn(C)c2)C1. The third-order valence-corrected chi connectivity index (χ3v) is 3.75. The number of hydrogen-bond acceptors (Lipinski definition) is 3.